The highest BCUT2D eigenvalue weighted by Crippen LogP contribution is 2.40. The fourth-order valence-corrected chi connectivity index (χ4v) is 1.73. The number of phenolic OH excluding ortho intramolecular Hbond substituents is 1. The molecule has 124 valence electrons. The van der Waals surface area contributed by atoms with Crippen LogP contribution < -0.4 is 4.74 Å². The van der Waals surface area contributed by atoms with Gasteiger partial charge in [0.2, 0.25) is 0 Å². The Bertz CT molecular complexity index is 727. The molecule has 2 aromatic rings. The summed E-state index contributed by atoms with van der Waals surface area (Å²) < 4.78 is 78.2. The third kappa shape index (κ3) is 3.96. The number of aromatic nitrogens is 1. The first-order valence-electron chi connectivity index (χ1n) is 5.83. The molecule has 0 aliphatic carbocycles. The topological polar surface area (TPSA) is 62.6 Å². The zero-order valence-electron chi connectivity index (χ0n) is 10.9. The summed E-state index contributed by atoms with van der Waals surface area (Å²) in [6, 6.07) is 2.71. The van der Waals surface area contributed by atoms with E-state index >= 15 is 0 Å². The van der Waals surface area contributed by atoms with E-state index in [-0.39, 0.29) is 0 Å². The lowest BCUT2D eigenvalue weighted by molar-refractivity contribution is -0.274. The third-order valence-corrected chi connectivity index (χ3v) is 2.64. The van der Waals surface area contributed by atoms with Crippen LogP contribution in [0.2, 0.25) is 0 Å². The van der Waals surface area contributed by atoms with E-state index in [1.807, 2.05) is 0 Å². The van der Waals surface area contributed by atoms with Crippen LogP contribution >= 0.6 is 0 Å². The molecular formula is C13H7F6NO3. The highest BCUT2D eigenvalue weighted by Gasteiger charge is 2.34. The smallest absolute Gasteiger partial charge is 0.508 e. The van der Waals surface area contributed by atoms with Crippen molar-refractivity contribution in [3.8, 4) is 28.5 Å². The van der Waals surface area contributed by atoms with Gasteiger partial charge in [-0.3, -0.25) is 4.98 Å². The number of halogens is 6. The molecule has 2 rings (SSSR count). The molecular weight excluding hydrogens is 332 g/mol. The molecule has 1 heterocycles. The van der Waals surface area contributed by atoms with Crippen molar-refractivity contribution in [2.75, 3.05) is 0 Å². The summed E-state index contributed by atoms with van der Waals surface area (Å²) in [6.45, 7) is 0. The van der Waals surface area contributed by atoms with Crippen molar-refractivity contribution in [1.29, 1.82) is 0 Å². The van der Waals surface area contributed by atoms with Crippen molar-refractivity contribution in [3.63, 3.8) is 0 Å². The molecule has 0 spiro atoms. The Balaban J connectivity index is 2.55. The van der Waals surface area contributed by atoms with Crippen molar-refractivity contribution in [3.05, 3.63) is 36.0 Å². The number of pyridine rings is 1. The lowest BCUT2D eigenvalue weighted by Gasteiger charge is -2.15. The molecule has 23 heavy (non-hydrogen) atoms. The molecule has 0 unspecified atom stereocenters. The normalized spacial score (nSPS) is 12.3. The van der Waals surface area contributed by atoms with Crippen LogP contribution in [0.5, 0.6) is 17.2 Å². The van der Waals surface area contributed by atoms with Gasteiger partial charge >= 0.3 is 12.5 Å². The van der Waals surface area contributed by atoms with Gasteiger partial charge < -0.3 is 14.9 Å². The van der Waals surface area contributed by atoms with Gasteiger partial charge in [-0.25, -0.2) is 0 Å². The Morgan fingerprint density at radius 2 is 1.61 bits per heavy atom. The maximum atomic E-state index is 12.5. The number of benzene rings is 1. The van der Waals surface area contributed by atoms with Gasteiger partial charge in [0, 0.05) is 6.20 Å². The highest BCUT2D eigenvalue weighted by molar-refractivity contribution is 5.73. The summed E-state index contributed by atoms with van der Waals surface area (Å²) in [6.07, 6.45) is -9.52. The molecule has 1 aromatic carbocycles. The number of aromatic hydroxyl groups is 2. The molecule has 2 N–H and O–H groups in total. The molecule has 0 bridgehead atoms. The van der Waals surface area contributed by atoms with Crippen LogP contribution in [0.3, 0.4) is 0 Å². The number of rotatable bonds is 2. The Morgan fingerprint density at radius 1 is 0.957 bits per heavy atom. The second-order valence-corrected chi connectivity index (χ2v) is 4.32. The number of hydrogen-bond donors (Lipinski definition) is 2. The largest absolute Gasteiger partial charge is 0.573 e. The minimum absolute atomic E-state index is 0.309. The van der Waals surface area contributed by atoms with E-state index in [0.29, 0.717) is 12.3 Å². The summed E-state index contributed by atoms with van der Waals surface area (Å²) in [5, 5.41) is 19.0. The second kappa shape index (κ2) is 5.52. The average molecular weight is 339 g/mol. The Kier molecular flexibility index (Phi) is 4.01. The number of alkyl halides is 6. The van der Waals surface area contributed by atoms with Gasteiger partial charge in [0.05, 0.1) is 11.1 Å². The van der Waals surface area contributed by atoms with Crippen molar-refractivity contribution < 1.29 is 41.3 Å². The van der Waals surface area contributed by atoms with Gasteiger partial charge in [0.1, 0.15) is 22.9 Å². The molecule has 10 heteroatoms. The van der Waals surface area contributed by atoms with E-state index in [0.717, 1.165) is 18.2 Å². The summed E-state index contributed by atoms with van der Waals surface area (Å²) in [7, 11) is 0. The van der Waals surface area contributed by atoms with Crippen molar-refractivity contribution in [1.82, 2.24) is 4.98 Å². The number of nitrogens with zero attached hydrogens (tertiary/aromatic N) is 1. The SMILES string of the molecule is Oc1ccc(OC(F)(F)F)c(-c2ncc(C(F)(F)F)cc2O)c1. The minimum Gasteiger partial charge on any atom is -0.508 e. The predicted octanol–water partition coefficient (Wildman–Crippen LogP) is 4.08. The molecule has 4 nitrogen and oxygen atoms in total. The van der Waals surface area contributed by atoms with E-state index in [9.17, 15) is 36.6 Å². The second-order valence-electron chi connectivity index (χ2n) is 4.32. The molecule has 0 radical (unpaired) electrons. The van der Waals surface area contributed by atoms with Crippen molar-refractivity contribution in [2.24, 2.45) is 0 Å². The van der Waals surface area contributed by atoms with Gasteiger partial charge in [-0.1, -0.05) is 0 Å². The van der Waals surface area contributed by atoms with Crippen LogP contribution in [0.4, 0.5) is 26.3 Å². The summed E-state index contributed by atoms with van der Waals surface area (Å²) >= 11 is 0. The standard InChI is InChI=1S/C13H7F6NO3/c14-12(15,16)6-3-9(22)11(20-5-6)8-4-7(21)1-2-10(8)23-13(17,18)19/h1-5,21-22H. The van der Waals surface area contributed by atoms with E-state index < -0.39 is 46.6 Å². The molecule has 0 amide bonds. The number of hydrogen-bond acceptors (Lipinski definition) is 4. The fourth-order valence-electron chi connectivity index (χ4n) is 1.73. The lowest BCUT2D eigenvalue weighted by Crippen LogP contribution is -2.17. The van der Waals surface area contributed by atoms with Crippen molar-refractivity contribution >= 4 is 0 Å². The molecule has 0 aliphatic heterocycles. The van der Waals surface area contributed by atoms with E-state index in [2.05, 4.69) is 9.72 Å². The van der Waals surface area contributed by atoms with Crippen LogP contribution in [-0.2, 0) is 6.18 Å². The summed E-state index contributed by atoms with van der Waals surface area (Å²) in [4.78, 5) is 3.32. The molecule has 0 saturated heterocycles. The number of phenols is 1. The van der Waals surface area contributed by atoms with Crippen LogP contribution in [0.1, 0.15) is 5.56 Å². The summed E-state index contributed by atoms with van der Waals surface area (Å²) in [5.41, 5.74) is -2.40. The van der Waals surface area contributed by atoms with Gasteiger partial charge in [0.15, 0.2) is 0 Å². The third-order valence-electron chi connectivity index (χ3n) is 2.64. The van der Waals surface area contributed by atoms with E-state index in [4.69, 9.17) is 0 Å². The monoisotopic (exact) mass is 339 g/mol. The van der Waals surface area contributed by atoms with Gasteiger partial charge in [-0.2, -0.15) is 13.2 Å². The minimum atomic E-state index is -5.08. The Labute approximate surface area is 124 Å². The fraction of sp³-hybridized carbons (Fsp3) is 0.154. The van der Waals surface area contributed by atoms with E-state index in [1.54, 1.807) is 0 Å². The van der Waals surface area contributed by atoms with Crippen LogP contribution in [-0.4, -0.2) is 21.6 Å². The highest BCUT2D eigenvalue weighted by atomic mass is 19.4. The zero-order chi connectivity index (χ0) is 17.4. The Morgan fingerprint density at radius 3 is 2.13 bits per heavy atom. The average Bonchev–Trinajstić information content (AvgIpc) is 2.38. The zero-order valence-corrected chi connectivity index (χ0v) is 10.9. The van der Waals surface area contributed by atoms with Crippen LogP contribution in [0, 0.1) is 0 Å². The van der Waals surface area contributed by atoms with Gasteiger partial charge in [0.25, 0.3) is 0 Å². The van der Waals surface area contributed by atoms with Gasteiger partial charge in [-0.15, -0.1) is 13.2 Å². The van der Waals surface area contributed by atoms with Crippen molar-refractivity contribution in [2.45, 2.75) is 12.5 Å². The molecule has 0 saturated carbocycles. The van der Waals surface area contributed by atoms with Gasteiger partial charge in [-0.05, 0) is 24.3 Å². The maximum Gasteiger partial charge on any atom is 0.573 e. The lowest BCUT2D eigenvalue weighted by atomic mass is 10.1. The quantitative estimate of drug-likeness (QED) is 0.810. The van der Waals surface area contributed by atoms with E-state index in [1.165, 1.54) is 0 Å². The Hall–Kier alpha value is -2.65. The molecule has 0 fully saturated rings. The van der Waals surface area contributed by atoms with Crippen LogP contribution in [0.25, 0.3) is 11.3 Å². The first-order chi connectivity index (χ1) is 10.5. The molecule has 0 atom stereocenters. The van der Waals surface area contributed by atoms with Crippen LogP contribution in [0.15, 0.2) is 30.5 Å². The predicted molar refractivity (Wildman–Crippen MR) is 64.7 cm³/mol. The maximum absolute atomic E-state index is 12.5. The first kappa shape index (κ1) is 16.7. The first-order valence-corrected chi connectivity index (χ1v) is 5.83. The molecule has 1 aromatic heterocycles. The molecule has 0 aliphatic rings. The summed E-state index contributed by atoms with van der Waals surface area (Å²) in [5.74, 6) is -2.34. The number of ether oxygens (including phenoxy) is 1.